The molecule has 11 heteroatoms. The first-order valence-electron chi connectivity index (χ1n) is 12.7. The van der Waals surface area contributed by atoms with E-state index in [1.54, 1.807) is 37.3 Å². The molecule has 0 fully saturated rings. The van der Waals surface area contributed by atoms with Crippen LogP contribution in [0.4, 0.5) is 0 Å². The molecule has 2 aromatic heterocycles. The first kappa shape index (κ1) is 29.0. The number of hydrogen-bond donors (Lipinski definition) is 0. The molecule has 214 valence electrons. The van der Waals surface area contributed by atoms with Crippen molar-refractivity contribution in [1.29, 1.82) is 0 Å². The van der Waals surface area contributed by atoms with E-state index in [1.165, 1.54) is 36.0 Å². The van der Waals surface area contributed by atoms with E-state index in [9.17, 15) is 14.4 Å². The standard InChI is InChI=1S/C31H25BrN2O7S/c1-5-14-39-30(37)27-17(2)33-31-34(28(27)20-8-12-24(40-18(3)35)25(15-20)38-4)29(36)26(42-31)16-22-11-13-23(41-22)19-6-9-21(32)10-7-19/h5-13,15-16,28H,1,14H2,2-4H3/b26-16-. The number of carbonyl (C=O) groups excluding carboxylic acids is 2. The number of fused-ring (bicyclic) bond motifs is 1. The third-order valence-corrected chi connectivity index (χ3v) is 7.87. The summed E-state index contributed by atoms with van der Waals surface area (Å²) in [5.74, 6) is 0.459. The van der Waals surface area contributed by atoms with Gasteiger partial charge in [0.25, 0.3) is 5.56 Å². The van der Waals surface area contributed by atoms with Crippen LogP contribution >= 0.6 is 27.3 Å². The van der Waals surface area contributed by atoms with Gasteiger partial charge in [0, 0.05) is 23.0 Å². The third-order valence-electron chi connectivity index (χ3n) is 6.36. The Hall–Kier alpha value is -4.48. The van der Waals surface area contributed by atoms with E-state index in [2.05, 4.69) is 27.5 Å². The molecule has 0 saturated heterocycles. The topological polar surface area (TPSA) is 109 Å². The van der Waals surface area contributed by atoms with Gasteiger partial charge >= 0.3 is 11.9 Å². The fourth-order valence-corrected chi connectivity index (χ4v) is 5.82. The molecule has 1 unspecified atom stereocenters. The number of allylic oxidation sites excluding steroid dienone is 1. The summed E-state index contributed by atoms with van der Waals surface area (Å²) in [7, 11) is 1.43. The number of halogens is 1. The van der Waals surface area contributed by atoms with Crippen LogP contribution in [0.3, 0.4) is 0 Å². The highest BCUT2D eigenvalue weighted by atomic mass is 79.9. The second-order valence-corrected chi connectivity index (χ2v) is 11.1. The quantitative estimate of drug-likeness (QED) is 0.152. The zero-order valence-electron chi connectivity index (χ0n) is 22.9. The van der Waals surface area contributed by atoms with Crippen molar-refractivity contribution in [3.8, 4) is 22.8 Å². The smallest absolute Gasteiger partial charge is 0.338 e. The Kier molecular flexibility index (Phi) is 8.41. The number of benzene rings is 2. The maximum Gasteiger partial charge on any atom is 0.338 e. The Labute approximate surface area is 252 Å². The summed E-state index contributed by atoms with van der Waals surface area (Å²) in [5, 5.41) is 0. The van der Waals surface area contributed by atoms with Gasteiger partial charge in [-0.2, -0.15) is 0 Å². The number of esters is 2. The molecule has 1 aliphatic heterocycles. The molecule has 42 heavy (non-hydrogen) atoms. The van der Waals surface area contributed by atoms with E-state index < -0.39 is 18.0 Å². The van der Waals surface area contributed by atoms with Crippen molar-refractivity contribution in [2.75, 3.05) is 13.7 Å². The van der Waals surface area contributed by atoms with Crippen LogP contribution in [0.2, 0.25) is 0 Å². The van der Waals surface area contributed by atoms with Crippen molar-refractivity contribution in [3.05, 3.63) is 114 Å². The molecule has 0 amide bonds. The van der Waals surface area contributed by atoms with Gasteiger partial charge in [0.05, 0.1) is 29.0 Å². The Balaban J connectivity index is 1.64. The second-order valence-electron chi connectivity index (χ2n) is 9.18. The van der Waals surface area contributed by atoms with Crippen LogP contribution in [0.5, 0.6) is 11.5 Å². The summed E-state index contributed by atoms with van der Waals surface area (Å²) in [6.07, 6.45) is 3.11. The maximum atomic E-state index is 13.9. The zero-order valence-corrected chi connectivity index (χ0v) is 25.3. The lowest BCUT2D eigenvalue weighted by atomic mass is 9.95. The van der Waals surface area contributed by atoms with Gasteiger partial charge in [-0.1, -0.05) is 58.1 Å². The molecule has 0 spiro atoms. The van der Waals surface area contributed by atoms with Gasteiger partial charge in [-0.3, -0.25) is 14.2 Å². The van der Waals surface area contributed by atoms with Gasteiger partial charge in [0.2, 0.25) is 0 Å². The van der Waals surface area contributed by atoms with Crippen LogP contribution in [-0.2, 0) is 14.3 Å². The first-order chi connectivity index (χ1) is 20.2. The van der Waals surface area contributed by atoms with Crippen LogP contribution in [0, 0.1) is 0 Å². The van der Waals surface area contributed by atoms with Crippen molar-refractivity contribution in [3.63, 3.8) is 0 Å². The van der Waals surface area contributed by atoms with Crippen molar-refractivity contribution in [1.82, 2.24) is 4.57 Å². The highest BCUT2D eigenvalue weighted by Gasteiger charge is 2.34. The molecule has 0 N–H and O–H groups in total. The number of rotatable bonds is 8. The first-order valence-corrected chi connectivity index (χ1v) is 14.3. The summed E-state index contributed by atoms with van der Waals surface area (Å²) >= 11 is 4.61. The van der Waals surface area contributed by atoms with Crippen molar-refractivity contribution in [2.45, 2.75) is 19.9 Å². The number of thiazole rings is 1. The fraction of sp³-hybridized carbons (Fsp3) is 0.161. The Bertz CT molecular complexity index is 1920. The van der Waals surface area contributed by atoms with E-state index in [1.807, 2.05) is 30.3 Å². The minimum Gasteiger partial charge on any atom is -0.493 e. The lowest BCUT2D eigenvalue weighted by molar-refractivity contribution is -0.138. The van der Waals surface area contributed by atoms with Gasteiger partial charge in [-0.05, 0) is 48.9 Å². The van der Waals surface area contributed by atoms with Crippen LogP contribution in [0.1, 0.15) is 31.2 Å². The normalized spacial score (nSPS) is 14.7. The molecule has 3 heterocycles. The van der Waals surface area contributed by atoms with Crippen molar-refractivity contribution >= 4 is 45.3 Å². The molecule has 0 bridgehead atoms. The maximum absolute atomic E-state index is 13.9. The lowest BCUT2D eigenvalue weighted by Crippen LogP contribution is -2.40. The van der Waals surface area contributed by atoms with Gasteiger partial charge in [-0.25, -0.2) is 9.79 Å². The van der Waals surface area contributed by atoms with Gasteiger partial charge in [0.1, 0.15) is 18.1 Å². The van der Waals surface area contributed by atoms with Crippen LogP contribution in [-0.4, -0.2) is 30.2 Å². The number of aromatic nitrogens is 1. The zero-order chi connectivity index (χ0) is 30.0. The van der Waals surface area contributed by atoms with Crippen molar-refractivity contribution in [2.24, 2.45) is 4.99 Å². The summed E-state index contributed by atoms with van der Waals surface area (Å²) in [4.78, 5) is 43.8. The molecule has 9 nitrogen and oxygen atoms in total. The SMILES string of the molecule is C=CCOC(=O)C1=C(C)N=c2s/c(=C\c3ccc(-c4ccc(Br)cc4)o3)c(=O)n2C1c1ccc(OC(C)=O)c(OC)c1. The minimum atomic E-state index is -0.893. The lowest BCUT2D eigenvalue weighted by Gasteiger charge is -2.25. The van der Waals surface area contributed by atoms with E-state index in [0.29, 0.717) is 32.1 Å². The van der Waals surface area contributed by atoms with E-state index >= 15 is 0 Å². The molecule has 2 aromatic carbocycles. The molecular weight excluding hydrogens is 624 g/mol. The molecule has 1 atom stereocenters. The average molecular weight is 650 g/mol. The molecule has 0 aliphatic carbocycles. The minimum absolute atomic E-state index is 0.0132. The summed E-state index contributed by atoms with van der Waals surface area (Å²) < 4.78 is 24.9. The third kappa shape index (κ3) is 5.79. The molecular formula is C31H25BrN2O7S. The van der Waals surface area contributed by atoms with E-state index in [4.69, 9.17) is 18.6 Å². The van der Waals surface area contributed by atoms with Crippen LogP contribution < -0.4 is 24.4 Å². The highest BCUT2D eigenvalue weighted by molar-refractivity contribution is 9.10. The number of furan rings is 1. The molecule has 0 radical (unpaired) electrons. The highest BCUT2D eigenvalue weighted by Crippen LogP contribution is 2.36. The summed E-state index contributed by atoms with van der Waals surface area (Å²) in [5.41, 5.74) is 1.65. The molecule has 1 aliphatic rings. The van der Waals surface area contributed by atoms with Gasteiger partial charge < -0.3 is 18.6 Å². The van der Waals surface area contributed by atoms with Gasteiger partial charge in [0.15, 0.2) is 16.3 Å². The molecule has 4 aromatic rings. The monoisotopic (exact) mass is 648 g/mol. The van der Waals surface area contributed by atoms with Crippen LogP contribution in [0.25, 0.3) is 17.4 Å². The largest absolute Gasteiger partial charge is 0.493 e. The van der Waals surface area contributed by atoms with Crippen molar-refractivity contribution < 1.29 is 28.2 Å². The number of ether oxygens (including phenoxy) is 3. The van der Waals surface area contributed by atoms with E-state index in [0.717, 1.165) is 10.0 Å². The predicted molar refractivity (Wildman–Crippen MR) is 161 cm³/mol. The second kappa shape index (κ2) is 12.2. The van der Waals surface area contributed by atoms with Crippen LogP contribution in [0.15, 0.2) is 97.2 Å². The van der Waals surface area contributed by atoms with E-state index in [-0.39, 0.29) is 29.2 Å². The molecule has 0 saturated carbocycles. The Morgan fingerprint density at radius 3 is 2.60 bits per heavy atom. The molecule has 5 rings (SSSR count). The predicted octanol–water partition coefficient (Wildman–Crippen LogP) is 4.92. The average Bonchev–Trinajstić information content (AvgIpc) is 3.55. The number of methoxy groups -OCH3 is 1. The number of hydrogen-bond acceptors (Lipinski definition) is 9. The van der Waals surface area contributed by atoms with Gasteiger partial charge in [-0.15, -0.1) is 0 Å². The fourth-order valence-electron chi connectivity index (χ4n) is 4.53. The summed E-state index contributed by atoms with van der Waals surface area (Å²) in [6.45, 7) is 6.57. The Morgan fingerprint density at radius 2 is 1.90 bits per heavy atom. The number of nitrogens with zero attached hydrogens (tertiary/aromatic N) is 2. The Morgan fingerprint density at radius 1 is 1.14 bits per heavy atom. The number of carbonyl (C=O) groups is 2. The summed E-state index contributed by atoms with van der Waals surface area (Å²) in [6, 6.07) is 15.3.